The van der Waals surface area contributed by atoms with E-state index in [2.05, 4.69) is 70.9 Å². The molecule has 2 saturated heterocycles. The summed E-state index contributed by atoms with van der Waals surface area (Å²) in [5, 5.41) is 7.62. The van der Waals surface area contributed by atoms with Gasteiger partial charge in [-0.25, -0.2) is 4.98 Å². The van der Waals surface area contributed by atoms with Crippen molar-refractivity contribution in [2.75, 3.05) is 26.2 Å². The summed E-state index contributed by atoms with van der Waals surface area (Å²) in [5.74, 6) is 1.06. The predicted molar refractivity (Wildman–Crippen MR) is 173 cm³/mol. The molecule has 1 aliphatic carbocycles. The summed E-state index contributed by atoms with van der Waals surface area (Å²) in [6, 6.07) is 8.48. The Kier molecular flexibility index (Phi) is 16.0. The number of benzene rings is 1. The lowest BCUT2D eigenvalue weighted by molar-refractivity contribution is -0.134. The summed E-state index contributed by atoms with van der Waals surface area (Å²) in [6.07, 6.45) is 24.6. The Balaban J connectivity index is 0.000000396. The average Bonchev–Trinajstić information content (AvgIpc) is 3.77. The van der Waals surface area contributed by atoms with Crippen LogP contribution in [-0.4, -0.2) is 57.8 Å². The van der Waals surface area contributed by atoms with Gasteiger partial charge in [-0.1, -0.05) is 55.7 Å². The molecule has 3 fully saturated rings. The Labute approximate surface area is 254 Å². The molecule has 42 heavy (non-hydrogen) atoms. The Hall–Kier alpha value is -3.15. The quantitative estimate of drug-likeness (QED) is 0.406. The van der Waals surface area contributed by atoms with Gasteiger partial charge in [-0.3, -0.25) is 9.48 Å². The standard InChI is InChI=1S/C24H34N4O.C4H10N2.C4H9N.C2H2/c1-20-7-9-21(10-8-20)11-12-23(29)27-15-13-24(14-16-27,17-28-19-25-18-26-28)22-5-3-2-4-6-22;1-3(5)4(2)6;1-2-4-5-3-1;1-2/h7-10,18-19,22H,2-6,11-17H2,1H3;4H,1,5-6H2,2H3;5H,1-4H2;1-2H/t;4-;;/m.1../s1. The monoisotopic (exact) mass is 577 g/mol. The maximum absolute atomic E-state index is 12.8. The number of carbonyl (C=O) groups excluding carboxylic acids is 1. The number of amides is 1. The molecule has 1 atom stereocenters. The van der Waals surface area contributed by atoms with Crippen molar-refractivity contribution in [3.8, 4) is 12.8 Å². The first-order valence-electron chi connectivity index (χ1n) is 15.7. The number of terminal acetylenes is 1. The lowest BCUT2D eigenvalue weighted by Crippen LogP contribution is -2.48. The fourth-order valence-electron chi connectivity index (χ4n) is 6.04. The largest absolute Gasteiger partial charge is 0.401 e. The van der Waals surface area contributed by atoms with Gasteiger partial charge in [0, 0.05) is 37.8 Å². The minimum Gasteiger partial charge on any atom is -0.401 e. The van der Waals surface area contributed by atoms with Gasteiger partial charge in [-0.05, 0) is 88.8 Å². The molecule has 1 saturated carbocycles. The highest BCUT2D eigenvalue weighted by Crippen LogP contribution is 2.47. The molecule has 2 aromatic rings. The van der Waals surface area contributed by atoms with E-state index < -0.39 is 0 Å². The molecule has 0 unspecified atom stereocenters. The first-order valence-corrected chi connectivity index (χ1v) is 15.7. The first-order chi connectivity index (χ1) is 20.3. The molecule has 2 aliphatic heterocycles. The summed E-state index contributed by atoms with van der Waals surface area (Å²) in [6.45, 7) is 12.5. The number of nitrogens with zero attached hydrogens (tertiary/aromatic N) is 4. The number of nitrogens with two attached hydrogens (primary N) is 2. The molecule has 3 aliphatic rings. The molecule has 8 nitrogen and oxygen atoms in total. The molecule has 0 spiro atoms. The van der Waals surface area contributed by atoms with Crippen molar-refractivity contribution in [3.63, 3.8) is 0 Å². The Morgan fingerprint density at radius 2 is 1.69 bits per heavy atom. The van der Waals surface area contributed by atoms with Crippen LogP contribution in [0.4, 0.5) is 0 Å². The lowest BCUT2D eigenvalue weighted by Gasteiger charge is -2.48. The van der Waals surface area contributed by atoms with Crippen molar-refractivity contribution in [1.29, 1.82) is 0 Å². The van der Waals surface area contributed by atoms with Crippen LogP contribution >= 0.6 is 0 Å². The molecule has 1 amide bonds. The Morgan fingerprint density at radius 3 is 2.17 bits per heavy atom. The van der Waals surface area contributed by atoms with Gasteiger partial charge in [0.05, 0.1) is 0 Å². The molecule has 1 aromatic heterocycles. The molecule has 5 rings (SSSR count). The molecule has 3 heterocycles. The van der Waals surface area contributed by atoms with E-state index in [0.29, 0.717) is 18.0 Å². The number of aromatic nitrogens is 3. The topological polar surface area (TPSA) is 115 Å². The van der Waals surface area contributed by atoms with Crippen LogP contribution in [-0.2, 0) is 17.8 Å². The highest BCUT2D eigenvalue weighted by atomic mass is 16.2. The number of carbonyl (C=O) groups is 1. The number of piperidine rings is 1. The van der Waals surface area contributed by atoms with Crippen LogP contribution in [0.15, 0.2) is 49.2 Å². The molecule has 1 aromatic carbocycles. The van der Waals surface area contributed by atoms with Crippen LogP contribution < -0.4 is 16.8 Å². The third kappa shape index (κ3) is 12.0. The molecule has 0 bridgehead atoms. The smallest absolute Gasteiger partial charge is 0.222 e. The maximum atomic E-state index is 12.8. The van der Waals surface area contributed by atoms with Crippen LogP contribution in [0.1, 0.15) is 82.3 Å². The maximum Gasteiger partial charge on any atom is 0.222 e. The van der Waals surface area contributed by atoms with Crippen LogP contribution in [0.3, 0.4) is 0 Å². The molecule has 232 valence electrons. The van der Waals surface area contributed by atoms with Crippen LogP contribution in [0.5, 0.6) is 0 Å². The third-order valence-electron chi connectivity index (χ3n) is 8.82. The summed E-state index contributed by atoms with van der Waals surface area (Å²) < 4.78 is 2.02. The van der Waals surface area contributed by atoms with Gasteiger partial charge >= 0.3 is 0 Å². The Morgan fingerprint density at radius 1 is 1.10 bits per heavy atom. The molecule has 0 radical (unpaired) electrons. The van der Waals surface area contributed by atoms with E-state index in [0.717, 1.165) is 44.8 Å². The van der Waals surface area contributed by atoms with Crippen molar-refractivity contribution in [2.45, 2.75) is 97.1 Å². The summed E-state index contributed by atoms with van der Waals surface area (Å²) >= 11 is 0. The fourth-order valence-corrected chi connectivity index (χ4v) is 6.04. The van der Waals surface area contributed by atoms with Gasteiger partial charge in [-0.15, -0.1) is 12.8 Å². The van der Waals surface area contributed by atoms with Crippen molar-refractivity contribution in [1.82, 2.24) is 25.0 Å². The molecule has 5 N–H and O–H groups in total. The SMILES string of the molecule is C#C.C1CCNC1.C=C(N)[C@@H](C)N.Cc1ccc(CCC(=O)N2CCC(Cn3cncn3)(C3CCCCC3)CC2)cc1. The van der Waals surface area contributed by atoms with Crippen LogP contribution in [0.2, 0.25) is 0 Å². The van der Waals surface area contributed by atoms with E-state index in [1.165, 1.54) is 69.2 Å². The molecule has 8 heteroatoms. The minimum atomic E-state index is -0.0648. The van der Waals surface area contributed by atoms with E-state index >= 15 is 0 Å². The zero-order valence-corrected chi connectivity index (χ0v) is 26.1. The number of nitrogens with one attached hydrogen (secondary N) is 1. The average molecular weight is 578 g/mol. The zero-order chi connectivity index (χ0) is 30.8. The fraction of sp³-hybridized carbons (Fsp3) is 0.618. The van der Waals surface area contributed by atoms with Gasteiger partial charge in [0.1, 0.15) is 12.7 Å². The predicted octanol–water partition coefficient (Wildman–Crippen LogP) is 4.83. The Bertz CT molecular complexity index is 1020. The normalized spacial score (nSPS) is 18.6. The first kappa shape index (κ1) is 35.0. The number of rotatable bonds is 7. The number of hydrogen-bond acceptors (Lipinski definition) is 6. The van der Waals surface area contributed by atoms with Crippen molar-refractivity contribution >= 4 is 5.91 Å². The van der Waals surface area contributed by atoms with Gasteiger partial charge < -0.3 is 21.7 Å². The van der Waals surface area contributed by atoms with Crippen molar-refractivity contribution in [2.24, 2.45) is 22.8 Å². The van der Waals surface area contributed by atoms with Crippen molar-refractivity contribution in [3.05, 3.63) is 60.3 Å². The van der Waals surface area contributed by atoms with E-state index in [1.807, 2.05) is 11.0 Å². The van der Waals surface area contributed by atoms with Crippen molar-refractivity contribution < 1.29 is 4.79 Å². The summed E-state index contributed by atoms with van der Waals surface area (Å²) in [4.78, 5) is 19.1. The molecular formula is C34H55N7O. The number of aryl methyl sites for hydroxylation is 2. The molecular weight excluding hydrogens is 522 g/mol. The summed E-state index contributed by atoms with van der Waals surface area (Å²) in [5.41, 5.74) is 13.6. The highest BCUT2D eigenvalue weighted by molar-refractivity contribution is 5.76. The van der Waals surface area contributed by atoms with Gasteiger partial charge in [-0.2, -0.15) is 5.10 Å². The number of likely N-dealkylation sites (tertiary alicyclic amines) is 1. The second-order valence-electron chi connectivity index (χ2n) is 12.0. The summed E-state index contributed by atoms with van der Waals surface area (Å²) in [7, 11) is 0. The minimum absolute atomic E-state index is 0.0648. The van der Waals surface area contributed by atoms with E-state index in [1.54, 1.807) is 13.3 Å². The van der Waals surface area contributed by atoms with Gasteiger partial charge in [0.15, 0.2) is 0 Å². The van der Waals surface area contributed by atoms with Crippen LogP contribution in [0, 0.1) is 31.1 Å². The van der Waals surface area contributed by atoms with Gasteiger partial charge in [0.25, 0.3) is 0 Å². The van der Waals surface area contributed by atoms with E-state index in [-0.39, 0.29) is 11.5 Å². The van der Waals surface area contributed by atoms with Gasteiger partial charge in [0.2, 0.25) is 5.91 Å². The highest BCUT2D eigenvalue weighted by Gasteiger charge is 2.42. The second-order valence-corrected chi connectivity index (χ2v) is 12.0. The van der Waals surface area contributed by atoms with E-state index in [9.17, 15) is 4.79 Å². The number of hydrogen-bond donors (Lipinski definition) is 3. The lowest BCUT2D eigenvalue weighted by atomic mass is 9.63. The van der Waals surface area contributed by atoms with Crippen LogP contribution in [0.25, 0.3) is 0 Å². The third-order valence-corrected chi connectivity index (χ3v) is 8.82. The van der Waals surface area contributed by atoms with E-state index in [4.69, 9.17) is 11.5 Å². The zero-order valence-electron chi connectivity index (χ0n) is 26.1. The second kappa shape index (κ2) is 19.1.